The minimum absolute atomic E-state index is 0.990. The summed E-state index contributed by atoms with van der Waals surface area (Å²) >= 11 is 0. The molecule has 0 spiro atoms. The Morgan fingerprint density at radius 1 is 1.20 bits per heavy atom. The molecule has 0 N–H and O–H groups in total. The van der Waals surface area contributed by atoms with E-state index in [1.54, 1.807) is 0 Å². The molecule has 2 rings (SSSR count). The molecule has 0 bridgehead atoms. The maximum Gasteiger partial charge on any atom is 0.0891 e. The molecule has 2 aromatic heterocycles. The van der Waals surface area contributed by atoms with Crippen molar-refractivity contribution in [3.63, 3.8) is 0 Å². The molecule has 0 aliphatic carbocycles. The summed E-state index contributed by atoms with van der Waals surface area (Å²) in [5.41, 5.74) is 4.99. The highest BCUT2D eigenvalue weighted by molar-refractivity contribution is 5.82. The van der Waals surface area contributed by atoms with Gasteiger partial charge < -0.3 is 0 Å². The first-order chi connectivity index (χ1) is 7.27. The van der Waals surface area contributed by atoms with E-state index in [2.05, 4.69) is 36.8 Å². The first-order valence-corrected chi connectivity index (χ1v) is 5.50. The number of pyridine rings is 2. The van der Waals surface area contributed by atoms with Crippen molar-refractivity contribution in [3.8, 4) is 0 Å². The van der Waals surface area contributed by atoms with Gasteiger partial charge in [-0.15, -0.1) is 0 Å². The fourth-order valence-electron chi connectivity index (χ4n) is 2.14. The Kier molecular flexibility index (Phi) is 2.67. The summed E-state index contributed by atoms with van der Waals surface area (Å²) in [6.07, 6.45) is 5.74. The lowest BCUT2D eigenvalue weighted by atomic mass is 9.99. The molecule has 0 aromatic carbocycles. The van der Waals surface area contributed by atoms with E-state index in [0.29, 0.717) is 0 Å². The Morgan fingerprint density at radius 2 is 2.00 bits per heavy atom. The van der Waals surface area contributed by atoms with Gasteiger partial charge >= 0.3 is 0 Å². The van der Waals surface area contributed by atoms with Crippen LogP contribution in [-0.2, 0) is 12.8 Å². The Morgan fingerprint density at radius 3 is 2.67 bits per heavy atom. The van der Waals surface area contributed by atoms with Crippen LogP contribution in [0.2, 0.25) is 0 Å². The van der Waals surface area contributed by atoms with Crippen LogP contribution in [-0.4, -0.2) is 9.97 Å². The first-order valence-electron chi connectivity index (χ1n) is 5.50. The van der Waals surface area contributed by atoms with Crippen molar-refractivity contribution in [2.24, 2.45) is 0 Å². The molecule has 0 radical (unpaired) electrons. The van der Waals surface area contributed by atoms with Crippen LogP contribution in [0.4, 0.5) is 0 Å². The topological polar surface area (TPSA) is 25.8 Å². The monoisotopic (exact) mass is 200 g/mol. The summed E-state index contributed by atoms with van der Waals surface area (Å²) in [5.74, 6) is 0. The van der Waals surface area contributed by atoms with Crippen molar-refractivity contribution in [2.45, 2.75) is 33.6 Å². The smallest absolute Gasteiger partial charge is 0.0891 e. The zero-order valence-electron chi connectivity index (χ0n) is 9.54. The predicted octanol–water partition coefficient (Wildman–Crippen LogP) is 3.06. The van der Waals surface area contributed by atoms with Gasteiger partial charge in [-0.25, -0.2) is 0 Å². The van der Waals surface area contributed by atoms with Gasteiger partial charge in [-0.3, -0.25) is 9.97 Å². The average molecular weight is 200 g/mol. The molecule has 0 saturated carbocycles. The van der Waals surface area contributed by atoms with Crippen LogP contribution < -0.4 is 0 Å². The average Bonchev–Trinajstić information content (AvgIpc) is 2.28. The highest BCUT2D eigenvalue weighted by atomic mass is 14.7. The zero-order chi connectivity index (χ0) is 10.8. The van der Waals surface area contributed by atoms with Crippen LogP contribution in [0.5, 0.6) is 0 Å². The second kappa shape index (κ2) is 3.97. The van der Waals surface area contributed by atoms with Crippen LogP contribution >= 0.6 is 0 Å². The van der Waals surface area contributed by atoms with Crippen molar-refractivity contribution < 1.29 is 0 Å². The van der Waals surface area contributed by atoms with Gasteiger partial charge in [0.15, 0.2) is 0 Å². The van der Waals surface area contributed by atoms with E-state index in [9.17, 15) is 0 Å². The van der Waals surface area contributed by atoms with Crippen molar-refractivity contribution in [3.05, 3.63) is 35.3 Å². The van der Waals surface area contributed by atoms with Gasteiger partial charge in [0.2, 0.25) is 0 Å². The molecule has 2 nitrogen and oxygen atoms in total. The summed E-state index contributed by atoms with van der Waals surface area (Å²) in [5, 5.41) is 1.25. The lowest BCUT2D eigenvalue weighted by Gasteiger charge is -2.11. The van der Waals surface area contributed by atoms with Crippen LogP contribution in [0.15, 0.2) is 18.5 Å². The third-order valence-corrected chi connectivity index (χ3v) is 2.95. The van der Waals surface area contributed by atoms with Gasteiger partial charge in [0.05, 0.1) is 11.7 Å². The quantitative estimate of drug-likeness (QED) is 0.744. The normalized spacial score (nSPS) is 10.9. The van der Waals surface area contributed by atoms with Gasteiger partial charge in [-0.1, -0.05) is 13.8 Å². The van der Waals surface area contributed by atoms with E-state index >= 15 is 0 Å². The van der Waals surface area contributed by atoms with E-state index < -0.39 is 0 Å². The SMILES string of the molecule is CCc1nc2cnccc2c(CC)c1C. The van der Waals surface area contributed by atoms with Gasteiger partial charge in [-0.05, 0) is 37.0 Å². The summed E-state index contributed by atoms with van der Waals surface area (Å²) in [6, 6.07) is 2.06. The molecule has 2 heterocycles. The lowest BCUT2D eigenvalue weighted by Crippen LogP contribution is -1.99. The minimum Gasteiger partial charge on any atom is -0.262 e. The maximum absolute atomic E-state index is 4.64. The Balaban J connectivity index is 2.83. The highest BCUT2D eigenvalue weighted by Crippen LogP contribution is 2.22. The zero-order valence-corrected chi connectivity index (χ0v) is 9.54. The second-order valence-electron chi connectivity index (χ2n) is 3.76. The molecular weight excluding hydrogens is 184 g/mol. The van der Waals surface area contributed by atoms with Crippen LogP contribution in [0, 0.1) is 6.92 Å². The third-order valence-electron chi connectivity index (χ3n) is 2.95. The Hall–Kier alpha value is -1.44. The van der Waals surface area contributed by atoms with E-state index in [1.165, 1.54) is 22.2 Å². The fraction of sp³-hybridized carbons (Fsp3) is 0.385. The summed E-state index contributed by atoms with van der Waals surface area (Å²) in [4.78, 5) is 8.77. The minimum atomic E-state index is 0.990. The molecule has 0 aliphatic heterocycles. The molecule has 0 unspecified atom stereocenters. The number of aryl methyl sites for hydroxylation is 2. The van der Waals surface area contributed by atoms with E-state index in [-0.39, 0.29) is 0 Å². The number of hydrogen-bond donors (Lipinski definition) is 0. The Labute approximate surface area is 90.4 Å². The van der Waals surface area contributed by atoms with Crippen LogP contribution in [0.25, 0.3) is 10.9 Å². The molecule has 78 valence electrons. The number of aromatic nitrogens is 2. The van der Waals surface area contributed by atoms with Crippen molar-refractivity contribution in [1.82, 2.24) is 9.97 Å². The number of nitrogens with zero attached hydrogens (tertiary/aromatic N) is 2. The summed E-state index contributed by atoms with van der Waals surface area (Å²) < 4.78 is 0. The number of rotatable bonds is 2. The number of fused-ring (bicyclic) bond motifs is 1. The molecule has 2 heteroatoms. The Bertz CT molecular complexity index is 489. The van der Waals surface area contributed by atoms with Crippen molar-refractivity contribution in [2.75, 3.05) is 0 Å². The highest BCUT2D eigenvalue weighted by Gasteiger charge is 2.08. The maximum atomic E-state index is 4.64. The third kappa shape index (κ3) is 1.60. The van der Waals surface area contributed by atoms with Crippen molar-refractivity contribution in [1.29, 1.82) is 0 Å². The molecule has 0 fully saturated rings. The first kappa shape index (κ1) is 10.1. The van der Waals surface area contributed by atoms with Gasteiger partial charge in [0, 0.05) is 17.3 Å². The van der Waals surface area contributed by atoms with Gasteiger partial charge in [0.25, 0.3) is 0 Å². The molecule has 0 atom stereocenters. The summed E-state index contributed by atoms with van der Waals surface area (Å²) in [6.45, 7) is 6.52. The van der Waals surface area contributed by atoms with Gasteiger partial charge in [-0.2, -0.15) is 0 Å². The largest absolute Gasteiger partial charge is 0.262 e. The van der Waals surface area contributed by atoms with E-state index in [1.807, 2.05) is 12.4 Å². The van der Waals surface area contributed by atoms with E-state index in [0.717, 1.165) is 18.4 Å². The second-order valence-corrected chi connectivity index (χ2v) is 3.76. The standard InChI is InChI=1S/C13H16N2/c1-4-10-9(3)12(5-2)15-13-8-14-7-6-11(10)13/h6-8H,4-5H2,1-3H3. The molecule has 2 aromatic rings. The molecule has 0 amide bonds. The fourth-order valence-corrected chi connectivity index (χ4v) is 2.14. The molecule has 0 aliphatic rings. The van der Waals surface area contributed by atoms with Crippen LogP contribution in [0.3, 0.4) is 0 Å². The molecular formula is C13H16N2. The predicted molar refractivity (Wildman–Crippen MR) is 63.0 cm³/mol. The molecule has 0 saturated heterocycles. The van der Waals surface area contributed by atoms with Crippen LogP contribution in [0.1, 0.15) is 30.7 Å². The van der Waals surface area contributed by atoms with E-state index in [4.69, 9.17) is 0 Å². The summed E-state index contributed by atoms with van der Waals surface area (Å²) in [7, 11) is 0. The number of hydrogen-bond acceptors (Lipinski definition) is 2. The van der Waals surface area contributed by atoms with Gasteiger partial charge in [0.1, 0.15) is 0 Å². The lowest BCUT2D eigenvalue weighted by molar-refractivity contribution is 0.995. The molecule has 15 heavy (non-hydrogen) atoms. The van der Waals surface area contributed by atoms with Crippen molar-refractivity contribution >= 4 is 10.9 Å².